The molecule has 26 heavy (non-hydrogen) atoms. The fourth-order valence-corrected chi connectivity index (χ4v) is 3.53. The highest BCUT2D eigenvalue weighted by atomic mass is 32.1. The van der Waals surface area contributed by atoms with Crippen LogP contribution in [0.4, 0.5) is 5.69 Å². The first-order valence-corrected chi connectivity index (χ1v) is 9.88. The second kappa shape index (κ2) is 10.9. The predicted molar refractivity (Wildman–Crippen MR) is 109 cm³/mol. The Kier molecular flexibility index (Phi) is 8.54. The first-order valence-electron chi connectivity index (χ1n) is 9.47. The van der Waals surface area contributed by atoms with E-state index < -0.39 is 0 Å². The summed E-state index contributed by atoms with van der Waals surface area (Å²) in [4.78, 5) is 23.3. The third-order valence-electron chi connectivity index (χ3n) is 4.89. The highest BCUT2D eigenvalue weighted by Crippen LogP contribution is 2.27. The van der Waals surface area contributed by atoms with Crippen molar-refractivity contribution in [1.29, 1.82) is 0 Å². The molecule has 6 heteroatoms. The minimum Gasteiger partial charge on any atom is -0.359 e. The lowest BCUT2D eigenvalue weighted by molar-refractivity contribution is -0.121. The fourth-order valence-electron chi connectivity index (χ4n) is 3.30. The van der Waals surface area contributed by atoms with Gasteiger partial charge in [0, 0.05) is 25.6 Å². The van der Waals surface area contributed by atoms with E-state index in [1.807, 2.05) is 24.3 Å². The van der Waals surface area contributed by atoms with Crippen LogP contribution >= 0.6 is 12.2 Å². The van der Waals surface area contributed by atoms with Crippen molar-refractivity contribution in [2.45, 2.75) is 57.8 Å². The third-order valence-corrected chi connectivity index (χ3v) is 5.09. The molecule has 1 aliphatic rings. The number of anilines is 1. The fraction of sp³-hybridized carbons (Fsp3) is 0.550. The van der Waals surface area contributed by atoms with Crippen LogP contribution in [0, 0.1) is 5.92 Å². The van der Waals surface area contributed by atoms with Crippen LogP contribution in [0.25, 0.3) is 0 Å². The van der Waals surface area contributed by atoms with Gasteiger partial charge in [-0.15, -0.1) is 0 Å². The molecule has 5 nitrogen and oxygen atoms in total. The average Bonchev–Trinajstić information content (AvgIpc) is 2.66. The summed E-state index contributed by atoms with van der Waals surface area (Å²) >= 11 is 5.22. The van der Waals surface area contributed by atoms with Gasteiger partial charge in [0.2, 0.25) is 11.8 Å². The Hall–Kier alpha value is -1.95. The lowest BCUT2D eigenvalue weighted by Crippen LogP contribution is -2.34. The summed E-state index contributed by atoms with van der Waals surface area (Å²) in [5.41, 5.74) is 1.91. The van der Waals surface area contributed by atoms with E-state index in [0.29, 0.717) is 30.3 Å². The summed E-state index contributed by atoms with van der Waals surface area (Å²) in [5.74, 6) is 0.706. The van der Waals surface area contributed by atoms with E-state index in [9.17, 15) is 9.59 Å². The summed E-state index contributed by atoms with van der Waals surface area (Å²) in [5, 5.41) is 8.74. The van der Waals surface area contributed by atoms with E-state index in [4.69, 9.17) is 12.2 Å². The maximum absolute atomic E-state index is 12.0. The van der Waals surface area contributed by atoms with E-state index in [-0.39, 0.29) is 11.8 Å². The van der Waals surface area contributed by atoms with Crippen molar-refractivity contribution in [2.75, 3.05) is 12.4 Å². The zero-order valence-corrected chi connectivity index (χ0v) is 16.3. The Morgan fingerprint density at radius 1 is 1.04 bits per heavy atom. The Labute approximate surface area is 161 Å². The Morgan fingerprint density at radius 2 is 1.73 bits per heavy atom. The standard InChI is InChI=1S/C20H29N3O2S/c1-21-18(24)13-9-16-7-11-17(12-8-16)22-20(26)23-19(25)14-10-15-5-3-2-4-6-15/h7-8,11-12,15H,2-6,9-10,13-14H2,1H3,(H,21,24)(H2,22,23,25,26). The van der Waals surface area contributed by atoms with Gasteiger partial charge in [0.25, 0.3) is 0 Å². The quantitative estimate of drug-likeness (QED) is 0.638. The molecule has 142 valence electrons. The number of carbonyl (C=O) groups excluding carboxylic acids is 2. The number of benzene rings is 1. The third kappa shape index (κ3) is 7.52. The van der Waals surface area contributed by atoms with Crippen LogP contribution in [0.15, 0.2) is 24.3 Å². The van der Waals surface area contributed by atoms with E-state index in [1.54, 1.807) is 7.05 Å². The van der Waals surface area contributed by atoms with Crippen LogP contribution in [0.1, 0.15) is 56.9 Å². The number of carbonyl (C=O) groups is 2. The van der Waals surface area contributed by atoms with E-state index in [2.05, 4.69) is 16.0 Å². The van der Waals surface area contributed by atoms with Crippen LogP contribution in [0.2, 0.25) is 0 Å². The number of hydrogen-bond donors (Lipinski definition) is 3. The molecule has 1 aliphatic carbocycles. The first-order chi connectivity index (χ1) is 12.6. The summed E-state index contributed by atoms with van der Waals surface area (Å²) in [6.45, 7) is 0. The molecule has 0 radical (unpaired) electrons. The second-order valence-corrected chi connectivity index (χ2v) is 7.32. The zero-order chi connectivity index (χ0) is 18.8. The molecule has 2 amide bonds. The van der Waals surface area contributed by atoms with Crippen LogP contribution in [0.3, 0.4) is 0 Å². The molecule has 0 bridgehead atoms. The van der Waals surface area contributed by atoms with Crippen molar-refractivity contribution in [1.82, 2.24) is 10.6 Å². The zero-order valence-electron chi connectivity index (χ0n) is 15.5. The van der Waals surface area contributed by atoms with Crippen molar-refractivity contribution < 1.29 is 9.59 Å². The highest BCUT2D eigenvalue weighted by molar-refractivity contribution is 7.80. The average molecular weight is 376 g/mol. The number of rotatable bonds is 7. The summed E-state index contributed by atoms with van der Waals surface area (Å²) in [6, 6.07) is 7.72. The monoisotopic (exact) mass is 375 g/mol. The minimum atomic E-state index is -0.0183. The first kappa shape index (κ1) is 20.4. The maximum Gasteiger partial charge on any atom is 0.226 e. The van der Waals surface area contributed by atoms with Crippen molar-refractivity contribution in [3.05, 3.63) is 29.8 Å². The number of hydrogen-bond acceptors (Lipinski definition) is 3. The lowest BCUT2D eigenvalue weighted by atomic mass is 9.86. The molecule has 0 spiro atoms. The molecular formula is C20H29N3O2S. The molecule has 1 aromatic rings. The maximum atomic E-state index is 12.0. The van der Waals surface area contributed by atoms with Gasteiger partial charge in [0.05, 0.1) is 0 Å². The molecule has 0 unspecified atom stereocenters. The molecule has 0 saturated heterocycles. The normalized spacial score (nSPS) is 14.5. The molecule has 0 aromatic heterocycles. The van der Waals surface area contributed by atoms with Gasteiger partial charge in [0.1, 0.15) is 0 Å². The topological polar surface area (TPSA) is 70.2 Å². The number of nitrogens with one attached hydrogen (secondary N) is 3. The molecule has 1 aromatic carbocycles. The molecule has 1 fully saturated rings. The molecule has 2 rings (SSSR count). The lowest BCUT2D eigenvalue weighted by Gasteiger charge is -2.21. The van der Waals surface area contributed by atoms with Crippen LogP contribution in [-0.4, -0.2) is 24.0 Å². The van der Waals surface area contributed by atoms with Gasteiger partial charge in [-0.05, 0) is 48.7 Å². The Morgan fingerprint density at radius 3 is 2.38 bits per heavy atom. The largest absolute Gasteiger partial charge is 0.359 e. The molecule has 0 heterocycles. The van der Waals surface area contributed by atoms with E-state index in [1.165, 1.54) is 32.1 Å². The highest BCUT2D eigenvalue weighted by Gasteiger charge is 2.15. The van der Waals surface area contributed by atoms with Crippen LogP contribution < -0.4 is 16.0 Å². The van der Waals surface area contributed by atoms with Gasteiger partial charge < -0.3 is 16.0 Å². The van der Waals surface area contributed by atoms with Crippen molar-refractivity contribution in [3.63, 3.8) is 0 Å². The summed E-state index contributed by atoms with van der Waals surface area (Å²) in [6.07, 6.45) is 9.09. The van der Waals surface area contributed by atoms with E-state index in [0.717, 1.165) is 17.7 Å². The van der Waals surface area contributed by atoms with Gasteiger partial charge >= 0.3 is 0 Å². The van der Waals surface area contributed by atoms with Crippen LogP contribution in [-0.2, 0) is 16.0 Å². The van der Waals surface area contributed by atoms with Gasteiger partial charge in [-0.25, -0.2) is 0 Å². The molecule has 0 atom stereocenters. The smallest absolute Gasteiger partial charge is 0.226 e. The van der Waals surface area contributed by atoms with Gasteiger partial charge in [0.15, 0.2) is 5.11 Å². The van der Waals surface area contributed by atoms with E-state index >= 15 is 0 Å². The molecule has 3 N–H and O–H groups in total. The summed E-state index contributed by atoms with van der Waals surface area (Å²) < 4.78 is 0. The molecular weight excluding hydrogens is 346 g/mol. The Balaban J connectivity index is 1.69. The van der Waals surface area contributed by atoms with Crippen molar-refractivity contribution in [2.24, 2.45) is 5.92 Å². The SMILES string of the molecule is CNC(=O)CCc1ccc(NC(=S)NC(=O)CCC2CCCCC2)cc1. The molecule has 1 saturated carbocycles. The van der Waals surface area contributed by atoms with Gasteiger partial charge in [-0.3, -0.25) is 9.59 Å². The number of aryl methyl sites for hydroxylation is 1. The molecule has 0 aliphatic heterocycles. The van der Waals surface area contributed by atoms with Gasteiger partial charge in [-0.2, -0.15) is 0 Å². The van der Waals surface area contributed by atoms with Gasteiger partial charge in [-0.1, -0.05) is 44.2 Å². The predicted octanol–water partition coefficient (Wildman–Crippen LogP) is 3.54. The number of thiocarbonyl (C=S) groups is 1. The summed E-state index contributed by atoms with van der Waals surface area (Å²) in [7, 11) is 1.64. The number of amides is 2. The van der Waals surface area contributed by atoms with Crippen molar-refractivity contribution in [3.8, 4) is 0 Å². The Bertz CT molecular complexity index is 610. The van der Waals surface area contributed by atoms with Crippen molar-refractivity contribution >= 4 is 34.8 Å². The minimum absolute atomic E-state index is 0.0183. The van der Waals surface area contributed by atoms with Crippen LogP contribution in [0.5, 0.6) is 0 Å². The second-order valence-electron chi connectivity index (χ2n) is 6.92.